The van der Waals surface area contributed by atoms with Gasteiger partial charge in [-0.3, -0.25) is 14.4 Å². The van der Waals surface area contributed by atoms with Gasteiger partial charge in [-0.1, -0.05) is 111 Å². The molecule has 0 aliphatic carbocycles. The van der Waals surface area contributed by atoms with Crippen LogP contribution in [0.5, 0.6) is 0 Å². The predicted octanol–water partition coefficient (Wildman–Crippen LogP) is 8.98. The molecule has 3 aliphatic rings. The number of hydrogen-bond acceptors (Lipinski definition) is 5. The van der Waals surface area contributed by atoms with E-state index >= 15 is 0 Å². The molecule has 0 saturated heterocycles. The van der Waals surface area contributed by atoms with Crippen molar-refractivity contribution in [3.63, 3.8) is 0 Å². The molecule has 0 aromatic heterocycles. The van der Waals surface area contributed by atoms with E-state index in [0.717, 1.165) is 28.5 Å². The fourth-order valence-electron chi connectivity index (χ4n) is 10.6. The quantitative estimate of drug-likeness (QED) is 0.0391. The summed E-state index contributed by atoms with van der Waals surface area (Å²) in [4.78, 5) is 35.7. The Kier molecular flexibility index (Phi) is 15.1. The van der Waals surface area contributed by atoms with Gasteiger partial charge in [0.2, 0.25) is 11.4 Å². The van der Waals surface area contributed by atoms with Gasteiger partial charge in [-0.05, 0) is 89.9 Å². The molecule has 0 spiro atoms. The molecule has 68 heavy (non-hydrogen) atoms. The number of aliphatic carboxylic acids is 2. The summed E-state index contributed by atoms with van der Waals surface area (Å²) in [6.07, 6.45) is 10.6. The number of benzene rings is 6. The van der Waals surface area contributed by atoms with Crippen LogP contribution in [-0.4, -0.2) is 75.4 Å². The minimum atomic E-state index is -0.812. The molecule has 0 atom stereocenters. The third-order valence-electron chi connectivity index (χ3n) is 14.0. The van der Waals surface area contributed by atoms with Gasteiger partial charge in [0.05, 0.1) is 17.4 Å². The lowest BCUT2D eigenvalue weighted by atomic mass is 9.79. The van der Waals surface area contributed by atoms with E-state index in [2.05, 4.69) is 184 Å². The molecule has 2 N–H and O–H groups in total. The molecule has 9 rings (SSSR count). The second-order valence-corrected chi connectivity index (χ2v) is 18.9. The summed E-state index contributed by atoms with van der Waals surface area (Å²) in [5.74, 6) is -1.57. The highest BCUT2D eigenvalue weighted by molar-refractivity contribution is 6.08. The zero-order valence-corrected chi connectivity index (χ0v) is 41.9. The van der Waals surface area contributed by atoms with E-state index in [4.69, 9.17) is 9.84 Å². The second-order valence-electron chi connectivity index (χ2n) is 18.9. The Morgan fingerprint density at radius 1 is 0.618 bits per heavy atom. The van der Waals surface area contributed by atoms with Crippen molar-refractivity contribution in [3.05, 3.63) is 169 Å². The number of rotatable bonds is 13. The van der Waals surface area contributed by atoms with Gasteiger partial charge in [0.15, 0.2) is 24.5 Å². The standard InChI is InChI=1S/C39H38N2O4.C18H19NO2.CH3.BrH/c1-38(2)33(40(23-22-35(43)44)31-20-18-27-12-8-10-14-29(27)36(31)38)16-6-5-7-17-34-39(3,4)37-30-15-11-9-13-28(30)19-21-32(37)41(34)24-25-45-26-42;1-12-18(2,3)17-14-7-5-4-6-13(14)8-9-15(17)19(12)11-10-16(20)21;;/h5-21,26H,22-25H2,1-4H3;4-9H,10-11H2,1-3H3;1H3;1H/q;;-1;/p+1. The summed E-state index contributed by atoms with van der Waals surface area (Å²) in [6.45, 7) is 17.7. The molecule has 0 bridgehead atoms. The van der Waals surface area contributed by atoms with Crippen molar-refractivity contribution in [1.82, 2.24) is 0 Å². The number of ether oxygens (including phenoxy) is 1. The average molecular weight is 977 g/mol. The van der Waals surface area contributed by atoms with Gasteiger partial charge in [-0.25, -0.2) is 0 Å². The number of anilines is 1. The molecule has 9 nitrogen and oxygen atoms in total. The largest absolute Gasteiger partial charge is 1.00 e. The summed E-state index contributed by atoms with van der Waals surface area (Å²) in [5.41, 5.74) is 9.90. The van der Waals surface area contributed by atoms with Crippen LogP contribution in [0, 0.1) is 7.43 Å². The third kappa shape index (κ3) is 9.18. The molecular weight excluding hydrogens is 915 g/mol. The van der Waals surface area contributed by atoms with Crippen molar-refractivity contribution in [2.45, 2.75) is 77.6 Å². The van der Waals surface area contributed by atoms with Crippen molar-refractivity contribution in [2.75, 3.05) is 31.1 Å². The number of fused-ring (bicyclic) bond motifs is 9. The summed E-state index contributed by atoms with van der Waals surface area (Å²) in [7, 11) is 0. The van der Waals surface area contributed by atoms with Crippen LogP contribution in [-0.2, 0) is 35.4 Å². The fraction of sp³-hybridized carbons (Fsp3) is 0.276. The first kappa shape index (κ1) is 50.8. The van der Waals surface area contributed by atoms with Gasteiger partial charge < -0.3 is 44.3 Å². The summed E-state index contributed by atoms with van der Waals surface area (Å²) < 4.78 is 9.43. The lowest BCUT2D eigenvalue weighted by molar-refractivity contribution is -0.438. The van der Waals surface area contributed by atoms with Crippen molar-refractivity contribution in [2.24, 2.45) is 0 Å². The molecule has 0 saturated carbocycles. The van der Waals surface area contributed by atoms with E-state index in [0.29, 0.717) is 32.7 Å². The van der Waals surface area contributed by atoms with E-state index < -0.39 is 11.9 Å². The van der Waals surface area contributed by atoms with Gasteiger partial charge in [-0.2, -0.15) is 9.15 Å². The molecule has 0 radical (unpaired) electrons. The van der Waals surface area contributed by atoms with Crippen LogP contribution in [0.3, 0.4) is 0 Å². The Balaban J connectivity index is 0.000000278. The lowest BCUT2D eigenvalue weighted by Crippen LogP contribution is -3.00. The molecule has 10 heteroatoms. The van der Waals surface area contributed by atoms with Crippen molar-refractivity contribution in [3.8, 4) is 0 Å². The van der Waals surface area contributed by atoms with Crippen molar-refractivity contribution >= 4 is 79.2 Å². The van der Waals surface area contributed by atoms with Gasteiger partial charge in [-0.15, -0.1) is 0 Å². The van der Waals surface area contributed by atoms with Gasteiger partial charge >= 0.3 is 11.9 Å². The van der Waals surface area contributed by atoms with Crippen LogP contribution < -0.4 is 21.9 Å². The third-order valence-corrected chi connectivity index (χ3v) is 14.0. The highest BCUT2D eigenvalue weighted by atomic mass is 79.9. The Bertz CT molecular complexity index is 3100. The molecule has 6 aromatic carbocycles. The number of nitrogens with zero attached hydrogens (tertiary/aromatic N) is 3. The summed E-state index contributed by atoms with van der Waals surface area (Å²) in [6, 6.07) is 38.0. The number of allylic oxidation sites excluding steroid dienone is 6. The summed E-state index contributed by atoms with van der Waals surface area (Å²) >= 11 is 0. The smallest absolute Gasteiger partial charge is 0.309 e. The van der Waals surface area contributed by atoms with Crippen LogP contribution in [0.4, 0.5) is 17.1 Å². The first-order valence-corrected chi connectivity index (χ1v) is 22.7. The Morgan fingerprint density at radius 3 is 1.65 bits per heavy atom. The van der Waals surface area contributed by atoms with E-state index in [1.54, 1.807) is 0 Å². The topological polar surface area (TPSA) is 110 Å². The van der Waals surface area contributed by atoms with E-state index in [1.165, 1.54) is 54.7 Å². The first-order valence-electron chi connectivity index (χ1n) is 22.7. The summed E-state index contributed by atoms with van der Waals surface area (Å²) in [5, 5.41) is 25.8. The molecule has 0 amide bonds. The number of carboxylic acid groups (broad SMARTS) is 2. The molecule has 0 fully saturated rings. The fourth-order valence-corrected chi connectivity index (χ4v) is 10.6. The zero-order valence-electron chi connectivity index (χ0n) is 40.3. The number of halogens is 1. The minimum absolute atomic E-state index is 0. The van der Waals surface area contributed by atoms with E-state index in [9.17, 15) is 19.5 Å². The highest BCUT2D eigenvalue weighted by Gasteiger charge is 2.46. The zero-order chi connectivity index (χ0) is 47.0. The van der Waals surface area contributed by atoms with Gasteiger partial charge in [0.25, 0.3) is 6.47 Å². The number of carbonyl (C=O) groups excluding carboxylic acids is 1. The number of hydrogen-bond donors (Lipinski definition) is 2. The maximum Gasteiger partial charge on any atom is 0.309 e. The normalized spacial score (nSPS) is 16.7. The molecular formula is C58H62BrN3O6. The van der Waals surface area contributed by atoms with E-state index in [-0.39, 0.29) is 53.5 Å². The van der Waals surface area contributed by atoms with Crippen molar-refractivity contribution < 1.29 is 55.5 Å². The average Bonchev–Trinajstić information content (AvgIpc) is 3.75. The SMILES string of the molecule is CC1(C)C(=CC=CC=CC2=[N+](CCC(=O)O)c3ccc4ccccc4c3C2(C)C)N(CCOC=O)c2ccc3ccccc3c21.CC1=[N+](CCC(=O)O)c2ccc3ccccc3c2C1(C)C.[Br-].[CH3-]. The maximum absolute atomic E-state index is 11.6. The van der Waals surface area contributed by atoms with Crippen LogP contribution in [0.25, 0.3) is 32.3 Å². The van der Waals surface area contributed by atoms with Gasteiger partial charge in [0.1, 0.15) is 19.4 Å². The molecule has 6 aromatic rings. The van der Waals surface area contributed by atoms with Crippen molar-refractivity contribution in [1.29, 1.82) is 0 Å². The predicted molar refractivity (Wildman–Crippen MR) is 273 cm³/mol. The van der Waals surface area contributed by atoms with Crippen LogP contribution in [0.15, 0.2) is 145 Å². The number of carboxylic acids is 2. The molecule has 352 valence electrons. The Morgan fingerprint density at radius 2 is 1.10 bits per heavy atom. The van der Waals surface area contributed by atoms with Crippen LogP contribution >= 0.6 is 0 Å². The molecule has 0 unspecified atom stereocenters. The van der Waals surface area contributed by atoms with Gasteiger partial charge in [0, 0.05) is 53.1 Å². The number of carbonyl (C=O) groups is 3. The minimum Gasteiger partial charge on any atom is -1.00 e. The lowest BCUT2D eigenvalue weighted by Gasteiger charge is -2.26. The molecule has 3 heterocycles. The van der Waals surface area contributed by atoms with Crippen LogP contribution in [0.2, 0.25) is 0 Å². The second kappa shape index (κ2) is 20.3. The maximum atomic E-state index is 11.6. The Hall–Kier alpha value is -6.65. The first-order chi connectivity index (χ1) is 31.6. The molecule has 3 aliphatic heterocycles. The highest BCUT2D eigenvalue weighted by Crippen LogP contribution is 2.51. The van der Waals surface area contributed by atoms with Crippen LogP contribution in [0.1, 0.15) is 78.0 Å². The monoisotopic (exact) mass is 975 g/mol. The Labute approximate surface area is 410 Å². The van der Waals surface area contributed by atoms with E-state index in [1.807, 2.05) is 18.2 Å².